The van der Waals surface area contributed by atoms with Gasteiger partial charge in [-0.15, -0.1) is 0 Å². The number of ether oxygens (including phenoxy) is 1. The molecule has 1 aromatic rings. The van der Waals surface area contributed by atoms with E-state index in [4.69, 9.17) is 4.74 Å². The first kappa shape index (κ1) is 14.9. The molecule has 0 saturated carbocycles. The molecule has 102 valence electrons. The fourth-order valence-electron chi connectivity index (χ4n) is 1.96. The van der Waals surface area contributed by atoms with Gasteiger partial charge in [0.05, 0.1) is 12.3 Å². The topological polar surface area (TPSA) is 21.3 Å². The molecule has 2 heteroatoms. The van der Waals surface area contributed by atoms with Gasteiger partial charge in [-0.2, -0.15) is 0 Å². The van der Waals surface area contributed by atoms with Crippen molar-refractivity contribution in [1.29, 1.82) is 0 Å². The number of benzene rings is 1. The van der Waals surface area contributed by atoms with Crippen LogP contribution in [0.5, 0.6) is 5.75 Å². The molecule has 0 bridgehead atoms. The summed E-state index contributed by atoms with van der Waals surface area (Å²) in [6.45, 7) is 7.39. The third kappa shape index (κ3) is 5.44. The van der Waals surface area contributed by atoms with Crippen molar-refractivity contribution in [3.8, 4) is 5.75 Å². The van der Waals surface area contributed by atoms with Crippen LogP contribution in [0.4, 0.5) is 5.69 Å². The number of anilines is 1. The zero-order valence-corrected chi connectivity index (χ0v) is 12.0. The van der Waals surface area contributed by atoms with Crippen molar-refractivity contribution < 1.29 is 4.74 Å². The maximum atomic E-state index is 5.75. The molecule has 0 aliphatic heterocycles. The molecule has 0 aromatic heterocycles. The molecule has 0 saturated heterocycles. The first-order chi connectivity index (χ1) is 8.77. The predicted octanol–water partition coefficient (Wildman–Crippen LogP) is 4.86. The lowest BCUT2D eigenvalue weighted by Crippen LogP contribution is -2.15. The predicted molar refractivity (Wildman–Crippen MR) is 79.5 cm³/mol. The molecule has 0 amide bonds. The standard InChI is InChI=1S/C16H27NO/c1-4-6-7-10-14(3)17-15-11-8-9-12-16(15)18-13-5-2/h8-9,11-12,14,17H,4-7,10,13H2,1-3H3. The zero-order valence-electron chi connectivity index (χ0n) is 12.0. The van der Waals surface area contributed by atoms with Gasteiger partial charge in [-0.25, -0.2) is 0 Å². The van der Waals surface area contributed by atoms with Crippen LogP contribution in [0.15, 0.2) is 24.3 Å². The van der Waals surface area contributed by atoms with Crippen molar-refractivity contribution in [1.82, 2.24) is 0 Å². The fourth-order valence-corrected chi connectivity index (χ4v) is 1.96. The van der Waals surface area contributed by atoms with Crippen LogP contribution in [0.2, 0.25) is 0 Å². The van der Waals surface area contributed by atoms with E-state index in [9.17, 15) is 0 Å². The van der Waals surface area contributed by atoms with E-state index in [0.717, 1.165) is 24.5 Å². The molecule has 1 atom stereocenters. The van der Waals surface area contributed by atoms with Crippen molar-refractivity contribution in [2.24, 2.45) is 0 Å². The zero-order chi connectivity index (χ0) is 13.2. The molecule has 0 radical (unpaired) electrons. The second-order valence-corrected chi connectivity index (χ2v) is 4.89. The summed E-state index contributed by atoms with van der Waals surface area (Å²) in [7, 11) is 0. The summed E-state index contributed by atoms with van der Waals surface area (Å²) in [5.41, 5.74) is 1.12. The maximum Gasteiger partial charge on any atom is 0.142 e. The first-order valence-electron chi connectivity index (χ1n) is 7.26. The Balaban J connectivity index is 2.49. The third-order valence-corrected chi connectivity index (χ3v) is 2.99. The quantitative estimate of drug-likeness (QED) is 0.631. The highest BCUT2D eigenvalue weighted by Crippen LogP contribution is 2.25. The number of unbranched alkanes of at least 4 members (excludes halogenated alkanes) is 2. The molecule has 1 N–H and O–H groups in total. The lowest BCUT2D eigenvalue weighted by atomic mass is 10.1. The smallest absolute Gasteiger partial charge is 0.142 e. The van der Waals surface area contributed by atoms with Gasteiger partial charge in [0.15, 0.2) is 0 Å². The summed E-state index contributed by atoms with van der Waals surface area (Å²) < 4.78 is 5.75. The van der Waals surface area contributed by atoms with E-state index in [1.54, 1.807) is 0 Å². The van der Waals surface area contributed by atoms with Gasteiger partial charge in [0.1, 0.15) is 5.75 Å². The third-order valence-electron chi connectivity index (χ3n) is 2.99. The van der Waals surface area contributed by atoms with Crippen molar-refractivity contribution in [3.63, 3.8) is 0 Å². The molecular formula is C16H27NO. The summed E-state index contributed by atoms with van der Waals surface area (Å²) in [6.07, 6.45) is 6.15. The molecule has 1 aromatic carbocycles. The van der Waals surface area contributed by atoms with Crippen LogP contribution >= 0.6 is 0 Å². The van der Waals surface area contributed by atoms with Crippen molar-refractivity contribution in [2.45, 2.75) is 58.9 Å². The second kappa shape index (κ2) is 8.84. The summed E-state index contributed by atoms with van der Waals surface area (Å²) in [5, 5.41) is 3.55. The molecule has 18 heavy (non-hydrogen) atoms. The Morgan fingerprint density at radius 2 is 1.89 bits per heavy atom. The van der Waals surface area contributed by atoms with E-state index in [0.29, 0.717) is 6.04 Å². The van der Waals surface area contributed by atoms with Gasteiger partial charge in [-0.3, -0.25) is 0 Å². The van der Waals surface area contributed by atoms with Gasteiger partial charge in [-0.05, 0) is 31.9 Å². The molecule has 0 aliphatic rings. The number of hydrogen-bond donors (Lipinski definition) is 1. The molecule has 2 nitrogen and oxygen atoms in total. The minimum absolute atomic E-state index is 0.503. The van der Waals surface area contributed by atoms with Gasteiger partial charge in [0, 0.05) is 6.04 Å². The van der Waals surface area contributed by atoms with Gasteiger partial charge in [0.25, 0.3) is 0 Å². The highest BCUT2D eigenvalue weighted by molar-refractivity contribution is 5.56. The number of para-hydroxylation sites is 2. The van der Waals surface area contributed by atoms with Crippen LogP contribution in [0.3, 0.4) is 0 Å². The Morgan fingerprint density at radius 1 is 1.11 bits per heavy atom. The van der Waals surface area contributed by atoms with E-state index in [1.807, 2.05) is 12.1 Å². The average Bonchev–Trinajstić information content (AvgIpc) is 2.38. The van der Waals surface area contributed by atoms with Gasteiger partial charge in [0.2, 0.25) is 0 Å². The Morgan fingerprint density at radius 3 is 2.61 bits per heavy atom. The largest absolute Gasteiger partial charge is 0.491 e. The summed E-state index contributed by atoms with van der Waals surface area (Å²) in [5.74, 6) is 0.974. The fraction of sp³-hybridized carbons (Fsp3) is 0.625. The van der Waals surface area contributed by atoms with Crippen molar-refractivity contribution in [2.75, 3.05) is 11.9 Å². The lowest BCUT2D eigenvalue weighted by Gasteiger charge is -2.18. The summed E-state index contributed by atoms with van der Waals surface area (Å²) >= 11 is 0. The Kier molecular flexibility index (Phi) is 7.31. The van der Waals surface area contributed by atoms with Crippen molar-refractivity contribution in [3.05, 3.63) is 24.3 Å². The highest BCUT2D eigenvalue weighted by Gasteiger charge is 2.06. The molecule has 0 heterocycles. The normalized spacial score (nSPS) is 12.2. The average molecular weight is 249 g/mol. The van der Waals surface area contributed by atoms with Gasteiger partial charge < -0.3 is 10.1 Å². The van der Waals surface area contributed by atoms with E-state index < -0.39 is 0 Å². The van der Waals surface area contributed by atoms with Crippen LogP contribution in [0.25, 0.3) is 0 Å². The molecular weight excluding hydrogens is 222 g/mol. The van der Waals surface area contributed by atoms with E-state index in [1.165, 1.54) is 25.7 Å². The Labute approximate surface area is 112 Å². The highest BCUT2D eigenvalue weighted by atomic mass is 16.5. The second-order valence-electron chi connectivity index (χ2n) is 4.89. The van der Waals surface area contributed by atoms with Crippen LogP contribution < -0.4 is 10.1 Å². The monoisotopic (exact) mass is 249 g/mol. The Hall–Kier alpha value is -1.18. The number of nitrogens with one attached hydrogen (secondary N) is 1. The molecule has 1 rings (SSSR count). The van der Waals surface area contributed by atoms with E-state index >= 15 is 0 Å². The molecule has 0 spiro atoms. The van der Waals surface area contributed by atoms with Crippen molar-refractivity contribution >= 4 is 5.69 Å². The molecule has 0 aliphatic carbocycles. The molecule has 0 fully saturated rings. The minimum Gasteiger partial charge on any atom is -0.491 e. The minimum atomic E-state index is 0.503. The molecule has 1 unspecified atom stereocenters. The summed E-state index contributed by atoms with van der Waals surface area (Å²) in [6, 6.07) is 8.72. The Bertz CT molecular complexity index is 325. The van der Waals surface area contributed by atoms with Gasteiger partial charge >= 0.3 is 0 Å². The van der Waals surface area contributed by atoms with Crippen LogP contribution in [0, 0.1) is 0 Å². The van der Waals surface area contributed by atoms with Crippen LogP contribution in [-0.2, 0) is 0 Å². The van der Waals surface area contributed by atoms with Crippen LogP contribution in [0.1, 0.15) is 52.9 Å². The lowest BCUT2D eigenvalue weighted by molar-refractivity contribution is 0.318. The van der Waals surface area contributed by atoms with E-state index in [2.05, 4.69) is 38.2 Å². The SMILES string of the molecule is CCCCCC(C)Nc1ccccc1OCCC. The number of rotatable bonds is 9. The first-order valence-corrected chi connectivity index (χ1v) is 7.26. The van der Waals surface area contributed by atoms with E-state index in [-0.39, 0.29) is 0 Å². The summed E-state index contributed by atoms with van der Waals surface area (Å²) in [4.78, 5) is 0. The van der Waals surface area contributed by atoms with Gasteiger partial charge in [-0.1, -0.05) is 45.2 Å². The number of hydrogen-bond acceptors (Lipinski definition) is 2. The maximum absolute atomic E-state index is 5.75. The van der Waals surface area contributed by atoms with Crippen LogP contribution in [-0.4, -0.2) is 12.6 Å².